The number of para-hydroxylation sites is 1. The molecule has 5 nitrogen and oxygen atoms in total. The summed E-state index contributed by atoms with van der Waals surface area (Å²) in [5.74, 6) is 0.551. The monoisotopic (exact) mass is 366 g/mol. The predicted molar refractivity (Wildman–Crippen MR) is 107 cm³/mol. The Hall–Kier alpha value is -2.82. The van der Waals surface area contributed by atoms with Gasteiger partial charge in [-0.05, 0) is 49.6 Å². The van der Waals surface area contributed by atoms with Crippen LogP contribution in [0.1, 0.15) is 31.4 Å². The molecule has 5 heteroatoms. The molecule has 0 bridgehead atoms. The standard InChI is InChI=1S/C22H26N2O3/c1-15-9-10-21(27-4)20(13-15)23(17(3)25)12-11-22(26)24-16(2)14-18-7-5-6-8-19(18)24/h5-10,13,16H,11-12,14H2,1-4H3. The first-order valence-corrected chi connectivity index (χ1v) is 9.25. The first-order valence-electron chi connectivity index (χ1n) is 9.25. The fourth-order valence-corrected chi connectivity index (χ4v) is 3.73. The molecule has 1 atom stereocenters. The Morgan fingerprint density at radius 2 is 1.96 bits per heavy atom. The summed E-state index contributed by atoms with van der Waals surface area (Å²) >= 11 is 0. The number of anilines is 2. The molecule has 2 amide bonds. The van der Waals surface area contributed by atoms with Gasteiger partial charge in [0, 0.05) is 31.6 Å². The summed E-state index contributed by atoms with van der Waals surface area (Å²) in [6.07, 6.45) is 1.12. The van der Waals surface area contributed by atoms with Crippen molar-refractivity contribution in [1.82, 2.24) is 0 Å². The summed E-state index contributed by atoms with van der Waals surface area (Å²) < 4.78 is 5.41. The van der Waals surface area contributed by atoms with Crippen molar-refractivity contribution in [2.75, 3.05) is 23.5 Å². The van der Waals surface area contributed by atoms with Crippen LogP contribution in [0.5, 0.6) is 5.75 Å². The highest BCUT2D eigenvalue weighted by molar-refractivity contribution is 5.98. The van der Waals surface area contributed by atoms with Crippen LogP contribution in [0.2, 0.25) is 0 Å². The fourth-order valence-electron chi connectivity index (χ4n) is 3.73. The molecule has 1 unspecified atom stereocenters. The number of rotatable bonds is 5. The van der Waals surface area contributed by atoms with E-state index in [0.717, 1.165) is 17.7 Å². The second-order valence-electron chi connectivity index (χ2n) is 7.04. The molecule has 27 heavy (non-hydrogen) atoms. The lowest BCUT2D eigenvalue weighted by atomic mass is 10.1. The lowest BCUT2D eigenvalue weighted by Crippen LogP contribution is -2.39. The van der Waals surface area contributed by atoms with Gasteiger partial charge in [0.2, 0.25) is 11.8 Å². The topological polar surface area (TPSA) is 49.9 Å². The summed E-state index contributed by atoms with van der Waals surface area (Å²) in [4.78, 5) is 28.7. The van der Waals surface area contributed by atoms with Crippen molar-refractivity contribution in [2.45, 2.75) is 39.7 Å². The number of methoxy groups -OCH3 is 1. The Morgan fingerprint density at radius 3 is 2.67 bits per heavy atom. The predicted octanol–water partition coefficient (Wildman–Crippen LogP) is 3.72. The van der Waals surface area contributed by atoms with Crippen molar-refractivity contribution in [3.8, 4) is 5.75 Å². The molecule has 0 N–H and O–H groups in total. The van der Waals surface area contributed by atoms with Gasteiger partial charge >= 0.3 is 0 Å². The van der Waals surface area contributed by atoms with E-state index >= 15 is 0 Å². The van der Waals surface area contributed by atoms with E-state index < -0.39 is 0 Å². The molecule has 0 saturated carbocycles. The Kier molecular flexibility index (Phi) is 5.49. The first-order chi connectivity index (χ1) is 12.9. The maximum atomic E-state index is 13.0. The molecule has 2 aromatic carbocycles. The molecule has 3 rings (SSSR count). The van der Waals surface area contributed by atoms with Gasteiger partial charge in [0.15, 0.2) is 0 Å². The van der Waals surface area contributed by atoms with E-state index in [1.807, 2.05) is 48.2 Å². The first kappa shape index (κ1) is 19.0. The maximum absolute atomic E-state index is 13.0. The summed E-state index contributed by atoms with van der Waals surface area (Å²) in [6.45, 7) is 5.86. The minimum absolute atomic E-state index is 0.0327. The van der Waals surface area contributed by atoms with Gasteiger partial charge in [0.05, 0.1) is 12.8 Å². The molecular formula is C22H26N2O3. The molecule has 0 radical (unpaired) electrons. The zero-order valence-electron chi connectivity index (χ0n) is 16.4. The van der Waals surface area contributed by atoms with Crippen LogP contribution in [0.15, 0.2) is 42.5 Å². The average Bonchev–Trinajstić information content (AvgIpc) is 2.97. The third-order valence-corrected chi connectivity index (χ3v) is 5.03. The average molecular weight is 366 g/mol. The van der Waals surface area contributed by atoms with Gasteiger partial charge in [-0.2, -0.15) is 0 Å². The Morgan fingerprint density at radius 1 is 1.22 bits per heavy atom. The van der Waals surface area contributed by atoms with Crippen LogP contribution in [-0.2, 0) is 16.0 Å². The molecule has 1 heterocycles. The lowest BCUT2D eigenvalue weighted by Gasteiger charge is -2.26. The van der Waals surface area contributed by atoms with Crippen molar-refractivity contribution in [2.24, 2.45) is 0 Å². The number of benzene rings is 2. The molecule has 0 fully saturated rings. The van der Waals surface area contributed by atoms with E-state index in [1.54, 1.807) is 12.0 Å². The second kappa shape index (κ2) is 7.82. The summed E-state index contributed by atoms with van der Waals surface area (Å²) in [7, 11) is 1.58. The second-order valence-corrected chi connectivity index (χ2v) is 7.04. The molecule has 1 aliphatic heterocycles. The van der Waals surface area contributed by atoms with Crippen molar-refractivity contribution < 1.29 is 14.3 Å². The molecule has 142 valence electrons. The number of carbonyl (C=O) groups is 2. The third-order valence-electron chi connectivity index (χ3n) is 5.03. The van der Waals surface area contributed by atoms with Gasteiger partial charge in [-0.25, -0.2) is 0 Å². The van der Waals surface area contributed by atoms with Gasteiger partial charge in [-0.15, -0.1) is 0 Å². The van der Waals surface area contributed by atoms with Crippen molar-refractivity contribution in [3.63, 3.8) is 0 Å². The zero-order valence-corrected chi connectivity index (χ0v) is 16.4. The molecule has 2 aromatic rings. The summed E-state index contributed by atoms with van der Waals surface area (Å²) in [5, 5.41) is 0. The van der Waals surface area contributed by atoms with E-state index in [4.69, 9.17) is 4.74 Å². The van der Waals surface area contributed by atoms with Crippen LogP contribution < -0.4 is 14.5 Å². The molecule has 0 spiro atoms. The molecule has 1 aliphatic rings. The van der Waals surface area contributed by atoms with Crippen LogP contribution in [0.25, 0.3) is 0 Å². The molecule has 0 aliphatic carbocycles. The van der Waals surface area contributed by atoms with Gasteiger partial charge in [0.25, 0.3) is 0 Å². The SMILES string of the molecule is COc1ccc(C)cc1N(CCC(=O)N1c2ccccc2CC1C)C(C)=O. The number of aryl methyl sites for hydroxylation is 1. The fraction of sp³-hybridized carbons (Fsp3) is 0.364. The Bertz CT molecular complexity index is 862. The number of fused-ring (bicyclic) bond motifs is 1. The highest BCUT2D eigenvalue weighted by Gasteiger charge is 2.30. The zero-order chi connectivity index (χ0) is 19.6. The van der Waals surface area contributed by atoms with E-state index in [9.17, 15) is 9.59 Å². The summed E-state index contributed by atoms with van der Waals surface area (Å²) in [5.41, 5.74) is 3.91. The maximum Gasteiger partial charge on any atom is 0.229 e. The van der Waals surface area contributed by atoms with Crippen LogP contribution in [-0.4, -0.2) is 31.5 Å². The van der Waals surface area contributed by atoms with E-state index in [1.165, 1.54) is 12.5 Å². The van der Waals surface area contributed by atoms with E-state index in [2.05, 4.69) is 13.0 Å². The van der Waals surface area contributed by atoms with Crippen LogP contribution in [0, 0.1) is 6.92 Å². The van der Waals surface area contributed by atoms with Crippen LogP contribution >= 0.6 is 0 Å². The van der Waals surface area contributed by atoms with Crippen LogP contribution in [0.3, 0.4) is 0 Å². The van der Waals surface area contributed by atoms with Crippen molar-refractivity contribution >= 4 is 23.2 Å². The summed E-state index contributed by atoms with van der Waals surface area (Å²) in [6, 6.07) is 13.8. The van der Waals surface area contributed by atoms with Crippen molar-refractivity contribution in [1.29, 1.82) is 0 Å². The third kappa shape index (κ3) is 3.82. The number of amides is 2. The molecule has 0 saturated heterocycles. The Labute approximate surface area is 160 Å². The van der Waals surface area contributed by atoms with Gasteiger partial charge < -0.3 is 14.5 Å². The van der Waals surface area contributed by atoms with E-state index in [-0.39, 0.29) is 24.3 Å². The number of hydrogen-bond acceptors (Lipinski definition) is 3. The highest BCUT2D eigenvalue weighted by Crippen LogP contribution is 2.33. The molecule has 0 aromatic heterocycles. The van der Waals surface area contributed by atoms with Gasteiger partial charge in [-0.3, -0.25) is 9.59 Å². The van der Waals surface area contributed by atoms with Gasteiger partial charge in [-0.1, -0.05) is 24.3 Å². The number of nitrogens with zero attached hydrogens (tertiary/aromatic N) is 2. The van der Waals surface area contributed by atoms with Crippen molar-refractivity contribution in [3.05, 3.63) is 53.6 Å². The Balaban J connectivity index is 1.79. The van der Waals surface area contributed by atoms with Crippen LogP contribution in [0.4, 0.5) is 11.4 Å². The smallest absolute Gasteiger partial charge is 0.229 e. The minimum Gasteiger partial charge on any atom is -0.495 e. The highest BCUT2D eigenvalue weighted by atomic mass is 16.5. The lowest BCUT2D eigenvalue weighted by molar-refractivity contribution is -0.119. The number of hydrogen-bond donors (Lipinski definition) is 0. The minimum atomic E-state index is -0.110. The van der Waals surface area contributed by atoms with Gasteiger partial charge in [0.1, 0.15) is 5.75 Å². The number of carbonyl (C=O) groups excluding carboxylic acids is 2. The van der Waals surface area contributed by atoms with E-state index in [0.29, 0.717) is 18.0 Å². The number of ether oxygens (including phenoxy) is 1. The largest absolute Gasteiger partial charge is 0.495 e. The normalized spacial score (nSPS) is 15.4. The molecular weight excluding hydrogens is 340 g/mol. The quantitative estimate of drug-likeness (QED) is 0.810.